The number of ether oxygens (including phenoxy) is 6. The molecule has 4 saturated carbocycles. The molecule has 0 aromatic carbocycles. The first kappa shape index (κ1) is 47.2. The van der Waals surface area contributed by atoms with Gasteiger partial charge in [0.2, 0.25) is 0 Å². The summed E-state index contributed by atoms with van der Waals surface area (Å²) in [6.45, 7) is 5.90. The molecule has 2 aliphatic heterocycles. The molecule has 0 spiro atoms. The van der Waals surface area contributed by atoms with Crippen molar-refractivity contribution in [1.29, 1.82) is 0 Å². The standard InChI is InChI=1S/C41H56O21/c1-18-31(59-19(2)42)32(60-20(3)43)33(61-21(4)44)35(58-18)62-23-12-38(54)8-6-25-34(41(38,26(45)11-27(46)47)39(55,13-23)15-29(50)51)37(53,14-28(48)49)17-36(5)24(7-9-40(25,36)56)22-10-30(52)57-16-22/h10,18,23-26,31-35,45,53-56H,6-9,11-17H2,1-5H3,(H,46,47)(H,48,49)(H,50,51)/p-3/t18-,23+,24+,25+,26?,31-,32+,33+,34+,35-,36+,37+,38-,39-,40-,41+/m0/s1. The van der Waals surface area contributed by atoms with Crippen molar-refractivity contribution in [2.24, 2.45) is 28.6 Å². The summed E-state index contributed by atoms with van der Waals surface area (Å²) >= 11 is 0. The van der Waals surface area contributed by atoms with Gasteiger partial charge in [0.25, 0.3) is 0 Å². The normalized spacial score (nSPS) is 44.0. The number of aliphatic hydroxyl groups is 5. The number of rotatable bonds is 13. The first-order chi connectivity index (χ1) is 28.7. The van der Waals surface area contributed by atoms with E-state index >= 15 is 0 Å². The summed E-state index contributed by atoms with van der Waals surface area (Å²) in [5.74, 6) is -13.2. The van der Waals surface area contributed by atoms with Crippen LogP contribution in [0.3, 0.4) is 0 Å². The van der Waals surface area contributed by atoms with Gasteiger partial charge < -0.3 is 83.7 Å². The lowest BCUT2D eigenvalue weighted by atomic mass is 9.33. The van der Waals surface area contributed by atoms with Gasteiger partial charge in [0.1, 0.15) is 6.61 Å². The number of carboxylic acid groups (broad SMARTS) is 3. The van der Waals surface area contributed by atoms with E-state index in [2.05, 4.69) is 0 Å². The highest BCUT2D eigenvalue weighted by molar-refractivity contribution is 5.85. The molecule has 62 heavy (non-hydrogen) atoms. The molecule has 2 heterocycles. The van der Waals surface area contributed by atoms with Crippen LogP contribution < -0.4 is 15.3 Å². The molecule has 21 nitrogen and oxygen atoms in total. The van der Waals surface area contributed by atoms with E-state index in [1.807, 2.05) is 0 Å². The van der Waals surface area contributed by atoms with Crippen LogP contribution in [0.5, 0.6) is 0 Å². The molecule has 21 heteroatoms. The second-order valence-electron chi connectivity index (χ2n) is 18.4. The Kier molecular flexibility index (Phi) is 12.5. The zero-order chi connectivity index (χ0) is 46.1. The van der Waals surface area contributed by atoms with Gasteiger partial charge in [-0.15, -0.1) is 0 Å². The Morgan fingerprint density at radius 3 is 1.98 bits per heavy atom. The summed E-state index contributed by atoms with van der Waals surface area (Å²) in [4.78, 5) is 86.9. The molecule has 346 valence electrons. The van der Waals surface area contributed by atoms with Crippen LogP contribution in [0, 0.1) is 28.6 Å². The molecule has 6 rings (SSSR count). The number of hydrogen-bond donors (Lipinski definition) is 5. The lowest BCUT2D eigenvalue weighted by Gasteiger charge is -2.75. The van der Waals surface area contributed by atoms with Gasteiger partial charge in [-0.25, -0.2) is 4.79 Å². The smallest absolute Gasteiger partial charge is 0.331 e. The summed E-state index contributed by atoms with van der Waals surface area (Å²) in [7, 11) is 0. The number of carbonyl (C=O) groups is 7. The van der Waals surface area contributed by atoms with Gasteiger partial charge in [0.05, 0.1) is 46.1 Å². The van der Waals surface area contributed by atoms with Crippen LogP contribution in [-0.2, 0) is 62.0 Å². The van der Waals surface area contributed by atoms with Crippen LogP contribution in [0.25, 0.3) is 0 Å². The zero-order valence-corrected chi connectivity index (χ0v) is 34.9. The summed E-state index contributed by atoms with van der Waals surface area (Å²) in [6.07, 6.45) is -17.7. The highest BCUT2D eigenvalue weighted by Crippen LogP contribution is 2.76. The third-order valence-corrected chi connectivity index (χ3v) is 14.7. The van der Waals surface area contributed by atoms with Gasteiger partial charge >= 0.3 is 23.9 Å². The van der Waals surface area contributed by atoms with E-state index < -0.39 is 181 Å². The van der Waals surface area contributed by atoms with Crippen molar-refractivity contribution >= 4 is 41.8 Å². The number of esters is 4. The van der Waals surface area contributed by atoms with Gasteiger partial charge in [0, 0.05) is 88.2 Å². The van der Waals surface area contributed by atoms with Crippen LogP contribution >= 0.6 is 0 Å². The van der Waals surface area contributed by atoms with Crippen molar-refractivity contribution in [1.82, 2.24) is 0 Å². The average Bonchev–Trinajstić information content (AvgIpc) is 3.64. The van der Waals surface area contributed by atoms with Crippen molar-refractivity contribution in [3.05, 3.63) is 11.6 Å². The van der Waals surface area contributed by atoms with Crippen LogP contribution in [-0.4, -0.2) is 139 Å². The Morgan fingerprint density at radius 2 is 1.44 bits per heavy atom. The number of aliphatic carboxylic acids is 3. The van der Waals surface area contributed by atoms with Crippen molar-refractivity contribution in [3.63, 3.8) is 0 Å². The van der Waals surface area contributed by atoms with Gasteiger partial charge in [0.15, 0.2) is 24.6 Å². The maximum atomic E-state index is 13.2. The molecular formula is C41H53O21-3. The first-order valence-corrected chi connectivity index (χ1v) is 20.5. The van der Waals surface area contributed by atoms with Crippen molar-refractivity contribution in [2.45, 2.75) is 164 Å². The Labute approximate surface area is 355 Å². The maximum Gasteiger partial charge on any atom is 0.331 e. The number of hydrogen-bond acceptors (Lipinski definition) is 21. The van der Waals surface area contributed by atoms with Gasteiger partial charge in [-0.3, -0.25) is 14.4 Å². The van der Waals surface area contributed by atoms with E-state index in [4.69, 9.17) is 28.4 Å². The molecule has 0 aromatic heterocycles. The molecular weight excluding hydrogens is 828 g/mol. The number of carbonyl (C=O) groups excluding carboxylic acids is 7. The Balaban J connectivity index is 1.52. The monoisotopic (exact) mass is 881 g/mol. The quantitative estimate of drug-likeness (QED) is 0.0664. The minimum atomic E-state index is -3.11. The van der Waals surface area contributed by atoms with E-state index in [0.29, 0.717) is 5.57 Å². The number of fused-ring (bicyclic) bond motifs is 5. The zero-order valence-electron chi connectivity index (χ0n) is 34.9. The maximum absolute atomic E-state index is 13.2. The summed E-state index contributed by atoms with van der Waals surface area (Å²) in [6, 6.07) is 0. The highest BCUT2D eigenvalue weighted by Gasteiger charge is 2.82. The van der Waals surface area contributed by atoms with Crippen molar-refractivity contribution in [3.8, 4) is 0 Å². The lowest BCUT2D eigenvalue weighted by molar-refractivity contribution is -0.394. The minimum absolute atomic E-state index is 0.0649. The fraction of sp³-hybridized carbons (Fsp3) is 0.780. The molecule has 0 bridgehead atoms. The van der Waals surface area contributed by atoms with Gasteiger partial charge in [-0.1, -0.05) is 6.92 Å². The fourth-order valence-electron chi connectivity index (χ4n) is 13.2. The lowest BCUT2D eigenvalue weighted by Crippen LogP contribution is -2.84. The van der Waals surface area contributed by atoms with Crippen LogP contribution in [0.4, 0.5) is 0 Å². The van der Waals surface area contributed by atoms with E-state index in [9.17, 15) is 74.4 Å². The molecule has 0 amide bonds. The molecule has 6 aliphatic rings. The third kappa shape index (κ3) is 7.66. The van der Waals surface area contributed by atoms with Crippen LogP contribution in [0.2, 0.25) is 0 Å². The molecule has 5 fully saturated rings. The van der Waals surface area contributed by atoms with E-state index in [-0.39, 0.29) is 25.9 Å². The molecule has 1 saturated heterocycles. The van der Waals surface area contributed by atoms with E-state index in [1.165, 1.54) is 13.0 Å². The number of aliphatic hydroxyl groups excluding tert-OH is 1. The van der Waals surface area contributed by atoms with Crippen LogP contribution in [0.1, 0.15) is 98.8 Å². The van der Waals surface area contributed by atoms with E-state index in [1.54, 1.807) is 6.92 Å². The Hall–Kier alpha value is -4.25. The van der Waals surface area contributed by atoms with Crippen molar-refractivity contribution in [2.75, 3.05) is 6.61 Å². The molecule has 5 N–H and O–H groups in total. The minimum Gasteiger partial charge on any atom is -0.550 e. The molecule has 0 radical (unpaired) electrons. The second kappa shape index (κ2) is 16.4. The molecule has 0 aromatic rings. The molecule has 4 aliphatic carbocycles. The van der Waals surface area contributed by atoms with Gasteiger partial charge in [-0.05, 0) is 56.4 Å². The SMILES string of the molecule is CC(=O)O[C@@H]1[C@@H](OC(C)=O)[C@H](C)O[C@@H](O[C@H]2C[C@](O)(CC(=O)[O-])[C@]3(C(O)CC(=O)[O-])[C@@H]4[C@@H](CC[C@]3(O)C2)[C@@]2(O)CC[C@H](C3=CC(=O)OC3)[C@@]2(C)C[C@]4(O)CC(=O)[O-])[C@@H]1OC(C)=O. The Bertz CT molecular complexity index is 1900. The molecule has 1 unspecified atom stereocenters. The summed E-state index contributed by atoms with van der Waals surface area (Å²) < 4.78 is 33.7. The molecule has 16 atom stereocenters. The van der Waals surface area contributed by atoms with E-state index in [0.717, 1.165) is 20.8 Å². The van der Waals surface area contributed by atoms with Crippen LogP contribution in [0.15, 0.2) is 11.6 Å². The topological polar surface area (TPSA) is 345 Å². The largest absolute Gasteiger partial charge is 0.550 e. The fourth-order valence-corrected chi connectivity index (χ4v) is 13.2. The van der Waals surface area contributed by atoms with Gasteiger partial charge in [-0.2, -0.15) is 0 Å². The predicted octanol–water partition coefficient (Wildman–Crippen LogP) is -4.27. The second-order valence-corrected chi connectivity index (χ2v) is 18.4. The van der Waals surface area contributed by atoms with Crippen molar-refractivity contribution < 1.29 is 103 Å². The summed E-state index contributed by atoms with van der Waals surface area (Å²) in [5, 5.41) is 103. The highest BCUT2D eigenvalue weighted by atomic mass is 16.7. The summed E-state index contributed by atoms with van der Waals surface area (Å²) in [5.41, 5.74) is -14.4. The first-order valence-electron chi connectivity index (χ1n) is 20.5. The number of carboxylic acids is 3. The predicted molar refractivity (Wildman–Crippen MR) is 193 cm³/mol. The third-order valence-electron chi connectivity index (χ3n) is 14.7. The number of cyclic esters (lactones) is 1. The Morgan fingerprint density at radius 1 is 0.839 bits per heavy atom. The average molecular weight is 882 g/mol.